The Morgan fingerprint density at radius 3 is 2.51 bits per heavy atom. The molecule has 1 aliphatic carbocycles. The van der Waals surface area contributed by atoms with E-state index in [1.807, 2.05) is 6.07 Å². The standard InChI is InChI=1S/C31H30F2N8O4/c1-34-30(43)26-24(14-25(39-40-26)38-29(42)17-7-8-17)37-22-6-4-5-21(27(22)45-3)19-9-10-23(36-15-19)31(44)41(2)16-20-13-18(28(32)33)11-12-35-20/h4-6,9-15,17,28H,7-8,16H2,1-3H3,(H,34,43)(H2,37,38,39,42). The van der Waals surface area contributed by atoms with Crippen LogP contribution in [0.2, 0.25) is 0 Å². The summed E-state index contributed by atoms with van der Waals surface area (Å²) < 4.78 is 31.9. The lowest BCUT2D eigenvalue weighted by Crippen LogP contribution is -2.27. The summed E-state index contributed by atoms with van der Waals surface area (Å²) in [6.07, 6.45) is 1.81. The summed E-state index contributed by atoms with van der Waals surface area (Å²) in [6, 6.07) is 12.6. The van der Waals surface area contributed by atoms with Crippen LogP contribution in [0.15, 0.2) is 60.9 Å². The van der Waals surface area contributed by atoms with Crippen LogP contribution in [0.5, 0.6) is 5.75 Å². The van der Waals surface area contributed by atoms with Gasteiger partial charge in [0, 0.05) is 55.2 Å². The summed E-state index contributed by atoms with van der Waals surface area (Å²) in [5, 5.41) is 16.5. The average molecular weight is 617 g/mol. The molecule has 0 radical (unpaired) electrons. The molecule has 4 aromatic rings. The number of nitrogens with one attached hydrogen (secondary N) is 3. The van der Waals surface area contributed by atoms with E-state index in [1.165, 1.54) is 56.7 Å². The van der Waals surface area contributed by atoms with Crippen molar-refractivity contribution in [2.75, 3.05) is 31.8 Å². The number of anilines is 3. The second-order valence-electron chi connectivity index (χ2n) is 10.3. The summed E-state index contributed by atoms with van der Waals surface area (Å²) in [4.78, 5) is 47.6. The number of halogens is 2. The lowest BCUT2D eigenvalue weighted by molar-refractivity contribution is -0.117. The fraction of sp³-hybridized carbons (Fsp3) is 0.258. The highest BCUT2D eigenvalue weighted by Crippen LogP contribution is 2.38. The fourth-order valence-electron chi connectivity index (χ4n) is 4.54. The van der Waals surface area contributed by atoms with E-state index in [0.29, 0.717) is 33.9 Å². The highest BCUT2D eigenvalue weighted by molar-refractivity contribution is 6.00. The number of aromatic nitrogens is 4. The first kappa shape index (κ1) is 30.9. The van der Waals surface area contributed by atoms with Crippen molar-refractivity contribution >= 4 is 34.9 Å². The van der Waals surface area contributed by atoms with Crippen LogP contribution in [0.4, 0.5) is 26.0 Å². The first-order valence-electron chi connectivity index (χ1n) is 14.0. The molecule has 12 nitrogen and oxygen atoms in total. The smallest absolute Gasteiger partial charge is 0.273 e. The van der Waals surface area contributed by atoms with Crippen LogP contribution in [0.25, 0.3) is 11.1 Å². The Morgan fingerprint density at radius 1 is 1.04 bits per heavy atom. The Balaban J connectivity index is 1.37. The number of alkyl halides is 2. The number of ether oxygens (including phenoxy) is 1. The van der Waals surface area contributed by atoms with Gasteiger partial charge in [-0.05, 0) is 37.1 Å². The molecule has 5 rings (SSSR count). The van der Waals surface area contributed by atoms with E-state index < -0.39 is 18.2 Å². The number of para-hydroxylation sites is 1. The van der Waals surface area contributed by atoms with Crippen LogP contribution >= 0.6 is 0 Å². The second-order valence-corrected chi connectivity index (χ2v) is 10.3. The summed E-state index contributed by atoms with van der Waals surface area (Å²) in [5.41, 5.74) is 2.39. The zero-order valence-corrected chi connectivity index (χ0v) is 24.7. The Bertz CT molecular complexity index is 1730. The zero-order valence-electron chi connectivity index (χ0n) is 24.7. The monoisotopic (exact) mass is 616 g/mol. The van der Waals surface area contributed by atoms with Gasteiger partial charge in [-0.2, -0.15) is 0 Å². The van der Waals surface area contributed by atoms with E-state index >= 15 is 0 Å². The molecular formula is C31H30F2N8O4. The van der Waals surface area contributed by atoms with E-state index in [-0.39, 0.29) is 41.1 Å². The maximum atomic E-state index is 13.1. The molecule has 3 aromatic heterocycles. The quantitative estimate of drug-likeness (QED) is 0.220. The first-order chi connectivity index (χ1) is 21.7. The minimum Gasteiger partial charge on any atom is -0.494 e. The molecule has 1 fully saturated rings. The van der Waals surface area contributed by atoms with Gasteiger partial charge >= 0.3 is 0 Å². The van der Waals surface area contributed by atoms with Crippen molar-refractivity contribution in [1.82, 2.24) is 30.4 Å². The minimum atomic E-state index is -2.64. The molecule has 3 heterocycles. The molecule has 0 bridgehead atoms. The third-order valence-electron chi connectivity index (χ3n) is 7.06. The number of benzene rings is 1. The molecule has 45 heavy (non-hydrogen) atoms. The molecule has 0 unspecified atom stereocenters. The van der Waals surface area contributed by atoms with Gasteiger partial charge in [-0.1, -0.05) is 18.2 Å². The van der Waals surface area contributed by atoms with Crippen LogP contribution in [-0.4, -0.2) is 64.0 Å². The maximum absolute atomic E-state index is 13.1. The Hall–Kier alpha value is -5.53. The van der Waals surface area contributed by atoms with Crippen molar-refractivity contribution in [2.45, 2.75) is 25.8 Å². The number of nitrogens with zero attached hydrogens (tertiary/aromatic N) is 5. The highest BCUT2D eigenvalue weighted by Gasteiger charge is 2.30. The molecule has 1 aromatic carbocycles. The largest absolute Gasteiger partial charge is 0.494 e. The molecule has 1 aliphatic rings. The van der Waals surface area contributed by atoms with Crippen LogP contribution in [-0.2, 0) is 11.3 Å². The molecule has 14 heteroatoms. The van der Waals surface area contributed by atoms with Gasteiger partial charge in [0.1, 0.15) is 11.4 Å². The van der Waals surface area contributed by atoms with Gasteiger partial charge in [-0.25, -0.2) is 8.78 Å². The van der Waals surface area contributed by atoms with Crippen LogP contribution in [0.3, 0.4) is 0 Å². The molecule has 3 amide bonds. The summed E-state index contributed by atoms with van der Waals surface area (Å²) in [7, 11) is 4.50. The zero-order chi connectivity index (χ0) is 32.1. The van der Waals surface area contributed by atoms with Crippen molar-refractivity contribution in [3.05, 3.63) is 83.6 Å². The number of amides is 3. The summed E-state index contributed by atoms with van der Waals surface area (Å²) in [6.45, 7) is 0.0260. The van der Waals surface area contributed by atoms with E-state index in [4.69, 9.17) is 4.74 Å². The molecular weight excluding hydrogens is 586 g/mol. The number of carbonyl (C=O) groups is 3. The number of hydrogen-bond acceptors (Lipinski definition) is 9. The summed E-state index contributed by atoms with van der Waals surface area (Å²) in [5.74, 6) is -0.471. The lowest BCUT2D eigenvalue weighted by atomic mass is 10.0. The topological polar surface area (TPSA) is 151 Å². The normalized spacial score (nSPS) is 12.4. The van der Waals surface area contributed by atoms with Crippen molar-refractivity contribution in [3.63, 3.8) is 0 Å². The van der Waals surface area contributed by atoms with Crippen LogP contribution in [0.1, 0.15) is 51.5 Å². The van der Waals surface area contributed by atoms with Crippen LogP contribution < -0.4 is 20.7 Å². The summed E-state index contributed by atoms with van der Waals surface area (Å²) >= 11 is 0. The first-order valence-corrected chi connectivity index (χ1v) is 14.0. The molecule has 1 saturated carbocycles. The number of hydrogen-bond donors (Lipinski definition) is 3. The Morgan fingerprint density at radius 2 is 1.84 bits per heavy atom. The van der Waals surface area contributed by atoms with Crippen molar-refractivity contribution in [3.8, 4) is 16.9 Å². The fourth-order valence-corrected chi connectivity index (χ4v) is 4.54. The molecule has 0 aliphatic heterocycles. The lowest BCUT2D eigenvalue weighted by Gasteiger charge is -2.18. The van der Waals surface area contributed by atoms with E-state index in [1.54, 1.807) is 24.3 Å². The maximum Gasteiger partial charge on any atom is 0.273 e. The number of carbonyl (C=O) groups excluding carboxylic acids is 3. The van der Waals surface area contributed by atoms with Crippen molar-refractivity contribution in [2.24, 2.45) is 5.92 Å². The molecule has 232 valence electrons. The molecule has 3 N–H and O–H groups in total. The van der Waals surface area contributed by atoms with Gasteiger partial charge in [0.25, 0.3) is 18.2 Å². The second kappa shape index (κ2) is 13.4. The van der Waals surface area contributed by atoms with Gasteiger partial charge in [-0.15, -0.1) is 10.2 Å². The van der Waals surface area contributed by atoms with Gasteiger partial charge < -0.3 is 25.6 Å². The average Bonchev–Trinajstić information content (AvgIpc) is 3.90. The number of rotatable bonds is 11. The van der Waals surface area contributed by atoms with Gasteiger partial charge in [0.2, 0.25) is 5.91 Å². The highest BCUT2D eigenvalue weighted by atomic mass is 19.3. The Kier molecular flexibility index (Phi) is 9.21. The number of methoxy groups -OCH3 is 1. The van der Waals surface area contributed by atoms with E-state index in [2.05, 4.69) is 36.1 Å². The van der Waals surface area contributed by atoms with Crippen LogP contribution in [0, 0.1) is 5.92 Å². The van der Waals surface area contributed by atoms with Crippen molar-refractivity contribution < 1.29 is 27.9 Å². The van der Waals surface area contributed by atoms with Gasteiger partial charge in [0.15, 0.2) is 11.5 Å². The van der Waals surface area contributed by atoms with E-state index in [0.717, 1.165) is 12.8 Å². The van der Waals surface area contributed by atoms with Crippen molar-refractivity contribution in [1.29, 1.82) is 0 Å². The van der Waals surface area contributed by atoms with E-state index in [9.17, 15) is 23.2 Å². The van der Waals surface area contributed by atoms with Gasteiger partial charge in [-0.3, -0.25) is 24.4 Å². The Labute approximate surface area is 257 Å². The third-order valence-corrected chi connectivity index (χ3v) is 7.06. The molecule has 0 saturated heterocycles. The van der Waals surface area contributed by atoms with Gasteiger partial charge in [0.05, 0.1) is 30.7 Å². The predicted octanol–water partition coefficient (Wildman–Crippen LogP) is 4.60. The molecule has 0 spiro atoms. The molecule has 0 atom stereocenters. The number of pyridine rings is 2. The predicted molar refractivity (Wildman–Crippen MR) is 161 cm³/mol. The minimum absolute atomic E-state index is 0.0131. The third kappa shape index (κ3) is 7.17. The SMILES string of the molecule is CNC(=O)c1nnc(NC(=O)C2CC2)cc1Nc1cccc(-c2ccc(C(=O)N(C)Cc3cc(C(F)F)ccn3)nc2)c1OC.